The smallest absolute Gasteiger partial charge is 0.248 e. The van der Waals surface area contributed by atoms with Crippen molar-refractivity contribution in [2.75, 3.05) is 12.3 Å². The molecule has 0 unspecified atom stereocenters. The molecule has 0 aromatic rings. The summed E-state index contributed by atoms with van der Waals surface area (Å²) >= 11 is 1.70. The van der Waals surface area contributed by atoms with Gasteiger partial charge in [0.1, 0.15) is 6.04 Å². The molecule has 0 aliphatic carbocycles. The van der Waals surface area contributed by atoms with Crippen molar-refractivity contribution >= 4 is 23.6 Å². The van der Waals surface area contributed by atoms with Gasteiger partial charge in [-0.05, 0) is 26.7 Å². The minimum Gasteiger partial charge on any atom is -0.354 e. The van der Waals surface area contributed by atoms with Crippen LogP contribution >= 0.6 is 11.8 Å². The Hall–Kier alpha value is -0.970. The first kappa shape index (κ1) is 19.1. The van der Waals surface area contributed by atoms with Crippen molar-refractivity contribution in [3.63, 3.8) is 0 Å². The Bertz CT molecular complexity index is 405. The highest BCUT2D eigenvalue weighted by molar-refractivity contribution is 8.00. The van der Waals surface area contributed by atoms with Gasteiger partial charge in [-0.1, -0.05) is 38.7 Å². The maximum absolute atomic E-state index is 12.4. The van der Waals surface area contributed by atoms with Gasteiger partial charge in [0.2, 0.25) is 11.8 Å². The van der Waals surface area contributed by atoms with E-state index in [0.717, 1.165) is 24.8 Å². The molecule has 5 heteroatoms. The lowest BCUT2D eigenvalue weighted by Crippen LogP contribution is -2.49. The Balaban J connectivity index is 2.60. The number of unbranched alkanes of at least 4 members (excludes halogenated alkanes) is 3. The number of nitrogens with zero attached hydrogens (tertiary/aromatic N) is 1. The predicted molar refractivity (Wildman–Crippen MR) is 93.8 cm³/mol. The molecule has 0 aromatic heterocycles. The highest BCUT2D eigenvalue weighted by Crippen LogP contribution is 2.31. The highest BCUT2D eigenvalue weighted by atomic mass is 32.2. The number of carbonyl (C=O) groups excluding carboxylic acids is 2. The van der Waals surface area contributed by atoms with Crippen LogP contribution in [0.5, 0.6) is 0 Å². The van der Waals surface area contributed by atoms with E-state index in [9.17, 15) is 9.59 Å². The summed E-state index contributed by atoms with van der Waals surface area (Å²) in [6.45, 7) is 8.76. The molecule has 2 atom stereocenters. The lowest BCUT2D eigenvalue weighted by Gasteiger charge is -2.27. The SMILES string of the molecule is CCCCCCNC(=O)[C@@H]1CS[C@H](CC)N1C(=O)C=C(C)C. The van der Waals surface area contributed by atoms with Crippen LogP contribution in [0.4, 0.5) is 0 Å². The predicted octanol–water partition coefficient (Wildman–Crippen LogP) is 3.33. The Labute approximate surface area is 139 Å². The summed E-state index contributed by atoms with van der Waals surface area (Å²) in [4.78, 5) is 26.6. The Morgan fingerprint density at radius 2 is 1.95 bits per heavy atom. The third kappa shape index (κ3) is 5.67. The van der Waals surface area contributed by atoms with E-state index in [1.807, 2.05) is 13.8 Å². The standard InChI is InChI=1S/C17H30N2O2S/c1-5-7-8-9-10-18-17(21)14-12-22-16(6-2)19(14)15(20)11-13(3)4/h11,14,16H,5-10,12H2,1-4H3,(H,18,21)/t14-,16+/m0/s1. The minimum absolute atomic E-state index is 0.00421. The van der Waals surface area contributed by atoms with E-state index < -0.39 is 0 Å². The van der Waals surface area contributed by atoms with Gasteiger partial charge < -0.3 is 10.2 Å². The molecule has 1 rings (SSSR count). The largest absolute Gasteiger partial charge is 0.354 e. The zero-order valence-corrected chi connectivity index (χ0v) is 15.2. The van der Waals surface area contributed by atoms with E-state index in [1.165, 1.54) is 12.8 Å². The van der Waals surface area contributed by atoms with Crippen molar-refractivity contribution in [1.29, 1.82) is 0 Å². The zero-order valence-electron chi connectivity index (χ0n) is 14.4. The molecule has 1 aliphatic heterocycles. The second-order valence-corrected chi connectivity index (χ2v) is 7.24. The van der Waals surface area contributed by atoms with Crippen LogP contribution in [0.25, 0.3) is 0 Å². The number of rotatable bonds is 8. The Morgan fingerprint density at radius 3 is 2.55 bits per heavy atom. The number of carbonyl (C=O) groups is 2. The second kappa shape index (κ2) is 9.93. The summed E-state index contributed by atoms with van der Waals surface area (Å²) in [7, 11) is 0. The molecule has 4 nitrogen and oxygen atoms in total. The fraction of sp³-hybridized carbons (Fsp3) is 0.765. The maximum atomic E-state index is 12.4. The second-order valence-electron chi connectivity index (χ2n) is 6.03. The van der Waals surface area contributed by atoms with Crippen molar-refractivity contribution in [3.05, 3.63) is 11.6 Å². The fourth-order valence-electron chi connectivity index (χ4n) is 2.58. The lowest BCUT2D eigenvalue weighted by atomic mass is 10.2. The third-order valence-corrected chi connectivity index (χ3v) is 5.19. The van der Waals surface area contributed by atoms with E-state index >= 15 is 0 Å². The van der Waals surface area contributed by atoms with E-state index in [0.29, 0.717) is 12.3 Å². The summed E-state index contributed by atoms with van der Waals surface area (Å²) in [5.74, 6) is 0.653. The molecule has 1 heterocycles. The van der Waals surface area contributed by atoms with Crippen LogP contribution in [0.3, 0.4) is 0 Å². The van der Waals surface area contributed by atoms with Crippen LogP contribution < -0.4 is 5.32 Å². The molecular formula is C17H30N2O2S. The molecule has 1 N–H and O–H groups in total. The number of thioether (sulfide) groups is 1. The minimum atomic E-state index is -0.329. The van der Waals surface area contributed by atoms with Crippen molar-refractivity contribution in [2.24, 2.45) is 0 Å². The number of hydrogen-bond donors (Lipinski definition) is 1. The molecule has 126 valence electrons. The van der Waals surface area contributed by atoms with Gasteiger partial charge in [0.15, 0.2) is 0 Å². The van der Waals surface area contributed by atoms with Crippen LogP contribution in [-0.4, -0.2) is 40.4 Å². The molecule has 0 bridgehead atoms. The first-order valence-corrected chi connectivity index (χ1v) is 9.42. The molecular weight excluding hydrogens is 296 g/mol. The normalized spacial score (nSPS) is 20.8. The average Bonchev–Trinajstić information content (AvgIpc) is 2.90. The van der Waals surface area contributed by atoms with Gasteiger partial charge >= 0.3 is 0 Å². The van der Waals surface area contributed by atoms with Crippen LogP contribution in [-0.2, 0) is 9.59 Å². The summed E-state index contributed by atoms with van der Waals surface area (Å²) < 4.78 is 0. The fourth-order valence-corrected chi connectivity index (χ4v) is 3.94. The monoisotopic (exact) mass is 326 g/mol. The zero-order chi connectivity index (χ0) is 16.5. The van der Waals surface area contributed by atoms with Crippen molar-refractivity contribution in [1.82, 2.24) is 10.2 Å². The lowest BCUT2D eigenvalue weighted by molar-refractivity contribution is -0.136. The summed E-state index contributed by atoms with van der Waals surface area (Å²) in [5, 5.41) is 3.11. The summed E-state index contributed by atoms with van der Waals surface area (Å²) in [6.07, 6.45) is 7.06. The molecule has 1 fully saturated rings. The van der Waals surface area contributed by atoms with Gasteiger partial charge in [-0.2, -0.15) is 0 Å². The number of hydrogen-bond acceptors (Lipinski definition) is 3. The van der Waals surface area contributed by atoms with E-state index in [2.05, 4.69) is 19.2 Å². The van der Waals surface area contributed by atoms with E-state index in [1.54, 1.807) is 22.7 Å². The highest BCUT2D eigenvalue weighted by Gasteiger charge is 2.39. The molecule has 0 radical (unpaired) electrons. The van der Waals surface area contributed by atoms with Gasteiger partial charge in [-0.3, -0.25) is 9.59 Å². The maximum Gasteiger partial charge on any atom is 0.248 e. The molecule has 0 aromatic carbocycles. The first-order chi connectivity index (χ1) is 10.5. The quantitative estimate of drug-likeness (QED) is 0.550. The number of nitrogens with one attached hydrogen (secondary N) is 1. The van der Waals surface area contributed by atoms with Gasteiger partial charge in [0, 0.05) is 18.4 Å². The number of amides is 2. The van der Waals surface area contributed by atoms with Gasteiger partial charge in [0.25, 0.3) is 0 Å². The van der Waals surface area contributed by atoms with Crippen LogP contribution in [0.2, 0.25) is 0 Å². The Morgan fingerprint density at radius 1 is 1.23 bits per heavy atom. The van der Waals surface area contributed by atoms with Crippen molar-refractivity contribution in [3.8, 4) is 0 Å². The topological polar surface area (TPSA) is 49.4 Å². The van der Waals surface area contributed by atoms with Crippen LogP contribution in [0.15, 0.2) is 11.6 Å². The molecule has 0 saturated carbocycles. The molecule has 22 heavy (non-hydrogen) atoms. The van der Waals surface area contributed by atoms with Crippen molar-refractivity contribution < 1.29 is 9.59 Å². The molecule has 1 aliphatic rings. The van der Waals surface area contributed by atoms with Gasteiger partial charge in [0.05, 0.1) is 5.37 Å². The summed E-state index contributed by atoms with van der Waals surface area (Å²) in [6, 6.07) is -0.329. The van der Waals surface area contributed by atoms with Gasteiger partial charge in [-0.25, -0.2) is 0 Å². The number of allylic oxidation sites excluding steroid dienone is 1. The van der Waals surface area contributed by atoms with Crippen LogP contribution in [0.1, 0.15) is 59.8 Å². The van der Waals surface area contributed by atoms with E-state index in [4.69, 9.17) is 0 Å². The third-order valence-electron chi connectivity index (χ3n) is 3.74. The average molecular weight is 327 g/mol. The van der Waals surface area contributed by atoms with Crippen molar-refractivity contribution in [2.45, 2.75) is 71.2 Å². The van der Waals surface area contributed by atoms with Gasteiger partial charge in [-0.15, -0.1) is 11.8 Å². The van der Waals surface area contributed by atoms with Crippen LogP contribution in [0, 0.1) is 0 Å². The summed E-state index contributed by atoms with van der Waals surface area (Å²) in [5.41, 5.74) is 0.968. The first-order valence-electron chi connectivity index (χ1n) is 8.37. The molecule has 0 spiro atoms. The molecule has 1 saturated heterocycles. The Kier molecular flexibility index (Phi) is 8.61. The molecule has 2 amide bonds. The van der Waals surface area contributed by atoms with E-state index in [-0.39, 0.29) is 23.2 Å².